The lowest BCUT2D eigenvalue weighted by Crippen LogP contribution is -2.40. The SMILES string of the molecule is CC(C)N(CC1CCNCC1)c1cccc2nccn12. The second-order valence-electron chi connectivity index (χ2n) is 5.98. The molecule has 3 heterocycles. The molecule has 0 bridgehead atoms. The van der Waals surface area contributed by atoms with Crippen molar-refractivity contribution < 1.29 is 0 Å². The van der Waals surface area contributed by atoms with Crippen molar-refractivity contribution in [2.45, 2.75) is 32.7 Å². The molecule has 20 heavy (non-hydrogen) atoms. The topological polar surface area (TPSA) is 32.6 Å². The maximum atomic E-state index is 4.39. The van der Waals surface area contributed by atoms with Crippen molar-refractivity contribution in [1.29, 1.82) is 0 Å². The predicted octanol–water partition coefficient (Wildman–Crippen LogP) is 2.55. The van der Waals surface area contributed by atoms with Crippen LogP contribution in [0.5, 0.6) is 0 Å². The Hall–Kier alpha value is -1.55. The number of anilines is 1. The fourth-order valence-electron chi connectivity index (χ4n) is 3.08. The molecule has 0 atom stereocenters. The van der Waals surface area contributed by atoms with Crippen molar-refractivity contribution in [3.8, 4) is 0 Å². The molecule has 1 fully saturated rings. The summed E-state index contributed by atoms with van der Waals surface area (Å²) < 4.78 is 2.20. The summed E-state index contributed by atoms with van der Waals surface area (Å²) in [7, 11) is 0. The monoisotopic (exact) mass is 272 g/mol. The van der Waals surface area contributed by atoms with Gasteiger partial charge in [-0.15, -0.1) is 0 Å². The Morgan fingerprint density at radius 2 is 2.15 bits per heavy atom. The van der Waals surface area contributed by atoms with Gasteiger partial charge in [0.2, 0.25) is 0 Å². The van der Waals surface area contributed by atoms with Gasteiger partial charge in [0.05, 0.1) is 0 Å². The highest BCUT2D eigenvalue weighted by Gasteiger charge is 2.20. The Bertz CT molecular complexity index is 554. The van der Waals surface area contributed by atoms with Crippen LogP contribution in [0.2, 0.25) is 0 Å². The smallest absolute Gasteiger partial charge is 0.138 e. The van der Waals surface area contributed by atoms with Gasteiger partial charge in [0, 0.05) is 25.0 Å². The highest BCUT2D eigenvalue weighted by atomic mass is 15.2. The number of piperidine rings is 1. The van der Waals surface area contributed by atoms with Crippen molar-refractivity contribution >= 4 is 11.5 Å². The molecule has 108 valence electrons. The third-order valence-corrected chi connectivity index (χ3v) is 4.24. The first-order valence-electron chi connectivity index (χ1n) is 7.65. The van der Waals surface area contributed by atoms with Gasteiger partial charge in [0.1, 0.15) is 11.5 Å². The summed E-state index contributed by atoms with van der Waals surface area (Å²) in [5.74, 6) is 2.05. The standard InChI is InChI=1S/C16H24N4/c1-13(2)20(12-14-6-8-17-9-7-14)16-5-3-4-15-18-10-11-19(15)16/h3-5,10-11,13-14,17H,6-9,12H2,1-2H3. The van der Waals surface area contributed by atoms with E-state index in [0.29, 0.717) is 6.04 Å². The molecule has 0 spiro atoms. The summed E-state index contributed by atoms with van der Waals surface area (Å²) in [4.78, 5) is 6.91. The molecular weight excluding hydrogens is 248 g/mol. The van der Waals surface area contributed by atoms with Gasteiger partial charge >= 0.3 is 0 Å². The molecule has 3 rings (SSSR count). The molecule has 1 aliphatic heterocycles. The molecule has 1 N–H and O–H groups in total. The van der Waals surface area contributed by atoms with E-state index in [4.69, 9.17) is 0 Å². The first kappa shape index (κ1) is 13.4. The highest BCUT2D eigenvalue weighted by Crippen LogP contribution is 2.23. The van der Waals surface area contributed by atoms with Crippen LogP contribution in [0.15, 0.2) is 30.6 Å². The molecule has 0 aliphatic carbocycles. The normalized spacial score (nSPS) is 16.9. The minimum absolute atomic E-state index is 0.498. The number of nitrogens with one attached hydrogen (secondary N) is 1. The van der Waals surface area contributed by atoms with Crippen molar-refractivity contribution in [3.05, 3.63) is 30.6 Å². The van der Waals surface area contributed by atoms with Gasteiger partial charge in [-0.25, -0.2) is 4.98 Å². The van der Waals surface area contributed by atoms with E-state index in [2.05, 4.69) is 57.8 Å². The summed E-state index contributed by atoms with van der Waals surface area (Å²) in [6.45, 7) is 8.00. The number of imidazole rings is 1. The van der Waals surface area contributed by atoms with Gasteiger partial charge in [-0.05, 0) is 57.8 Å². The van der Waals surface area contributed by atoms with Crippen LogP contribution in [0.1, 0.15) is 26.7 Å². The molecule has 0 amide bonds. The van der Waals surface area contributed by atoms with Crippen molar-refractivity contribution in [3.63, 3.8) is 0 Å². The third-order valence-electron chi connectivity index (χ3n) is 4.24. The fraction of sp³-hybridized carbons (Fsp3) is 0.562. The molecule has 0 aromatic carbocycles. The molecule has 1 aliphatic rings. The van der Waals surface area contributed by atoms with E-state index in [1.54, 1.807) is 0 Å². The highest BCUT2D eigenvalue weighted by molar-refractivity contribution is 5.52. The minimum atomic E-state index is 0.498. The Kier molecular flexibility index (Phi) is 3.92. The van der Waals surface area contributed by atoms with Crippen molar-refractivity contribution in [2.75, 3.05) is 24.5 Å². The second kappa shape index (κ2) is 5.83. The predicted molar refractivity (Wildman–Crippen MR) is 83.3 cm³/mol. The summed E-state index contributed by atoms with van der Waals surface area (Å²) in [5, 5.41) is 3.45. The van der Waals surface area contributed by atoms with Crippen LogP contribution in [-0.2, 0) is 0 Å². The van der Waals surface area contributed by atoms with Gasteiger partial charge in [0.25, 0.3) is 0 Å². The van der Waals surface area contributed by atoms with E-state index in [-0.39, 0.29) is 0 Å². The Labute approximate surface area is 120 Å². The summed E-state index contributed by atoms with van der Waals surface area (Å²) >= 11 is 0. The van der Waals surface area contributed by atoms with E-state index in [0.717, 1.165) is 31.2 Å². The molecule has 4 nitrogen and oxygen atoms in total. The Balaban J connectivity index is 1.87. The van der Waals surface area contributed by atoms with Gasteiger partial charge in [-0.2, -0.15) is 0 Å². The lowest BCUT2D eigenvalue weighted by Gasteiger charge is -2.34. The third kappa shape index (κ3) is 2.66. The Morgan fingerprint density at radius 1 is 1.35 bits per heavy atom. The minimum Gasteiger partial charge on any atom is -0.355 e. The molecule has 0 unspecified atom stereocenters. The number of hydrogen-bond acceptors (Lipinski definition) is 3. The largest absolute Gasteiger partial charge is 0.355 e. The van der Waals surface area contributed by atoms with Crippen LogP contribution < -0.4 is 10.2 Å². The molecule has 1 saturated heterocycles. The molecule has 2 aromatic heterocycles. The zero-order chi connectivity index (χ0) is 13.9. The lowest BCUT2D eigenvalue weighted by atomic mass is 9.97. The molecule has 4 heteroatoms. The molecule has 0 radical (unpaired) electrons. The number of hydrogen-bond donors (Lipinski definition) is 1. The van der Waals surface area contributed by atoms with Crippen molar-refractivity contribution in [2.24, 2.45) is 5.92 Å². The average molecular weight is 272 g/mol. The number of fused-ring (bicyclic) bond motifs is 1. The maximum absolute atomic E-state index is 4.39. The number of rotatable bonds is 4. The van der Waals surface area contributed by atoms with Crippen LogP contribution in [0.25, 0.3) is 5.65 Å². The molecule has 0 saturated carbocycles. The van der Waals surface area contributed by atoms with Crippen LogP contribution in [0.4, 0.5) is 5.82 Å². The average Bonchev–Trinajstić information content (AvgIpc) is 2.94. The summed E-state index contributed by atoms with van der Waals surface area (Å²) in [5.41, 5.74) is 1.03. The quantitative estimate of drug-likeness (QED) is 0.928. The van der Waals surface area contributed by atoms with Crippen molar-refractivity contribution in [1.82, 2.24) is 14.7 Å². The zero-order valence-electron chi connectivity index (χ0n) is 12.4. The van der Waals surface area contributed by atoms with Gasteiger partial charge in [-0.1, -0.05) is 6.07 Å². The van der Waals surface area contributed by atoms with Crippen LogP contribution in [-0.4, -0.2) is 35.1 Å². The van der Waals surface area contributed by atoms with Gasteiger partial charge < -0.3 is 10.2 Å². The number of pyridine rings is 1. The van der Waals surface area contributed by atoms with Crippen LogP contribution in [0, 0.1) is 5.92 Å². The number of aromatic nitrogens is 2. The summed E-state index contributed by atoms with van der Waals surface area (Å²) in [6.07, 6.45) is 6.50. The summed E-state index contributed by atoms with van der Waals surface area (Å²) in [6, 6.07) is 6.87. The van der Waals surface area contributed by atoms with Crippen LogP contribution >= 0.6 is 0 Å². The molecule has 2 aromatic rings. The van der Waals surface area contributed by atoms with E-state index in [9.17, 15) is 0 Å². The van der Waals surface area contributed by atoms with Gasteiger partial charge in [0.15, 0.2) is 0 Å². The second-order valence-corrected chi connectivity index (χ2v) is 5.98. The Morgan fingerprint density at radius 3 is 2.90 bits per heavy atom. The van der Waals surface area contributed by atoms with E-state index in [1.807, 2.05) is 6.20 Å². The van der Waals surface area contributed by atoms with E-state index < -0.39 is 0 Å². The van der Waals surface area contributed by atoms with E-state index in [1.165, 1.54) is 18.7 Å². The lowest BCUT2D eigenvalue weighted by molar-refractivity contribution is 0.366. The first-order valence-corrected chi connectivity index (χ1v) is 7.65. The van der Waals surface area contributed by atoms with E-state index >= 15 is 0 Å². The fourth-order valence-corrected chi connectivity index (χ4v) is 3.08. The number of nitrogens with zero attached hydrogens (tertiary/aromatic N) is 3. The molecular formula is C16H24N4. The van der Waals surface area contributed by atoms with Crippen LogP contribution in [0.3, 0.4) is 0 Å². The first-order chi connectivity index (χ1) is 9.75. The zero-order valence-corrected chi connectivity index (χ0v) is 12.4. The maximum Gasteiger partial charge on any atom is 0.138 e. The van der Waals surface area contributed by atoms with Gasteiger partial charge in [-0.3, -0.25) is 4.40 Å².